The highest BCUT2D eigenvalue weighted by atomic mass is 15.3. The fourth-order valence-corrected chi connectivity index (χ4v) is 1.82. The molecule has 0 saturated carbocycles. The summed E-state index contributed by atoms with van der Waals surface area (Å²) in [6.45, 7) is 5.16. The van der Waals surface area contributed by atoms with Gasteiger partial charge in [0.05, 0.1) is 5.69 Å². The first-order valence-electron chi connectivity index (χ1n) is 5.98. The molecular weight excluding hydrogens is 210 g/mol. The van der Waals surface area contributed by atoms with Gasteiger partial charge in [-0.2, -0.15) is 5.10 Å². The van der Waals surface area contributed by atoms with Crippen LogP contribution in [-0.4, -0.2) is 15.8 Å². The molecule has 2 aromatic rings. The zero-order valence-corrected chi connectivity index (χ0v) is 10.6. The number of hydrogen-bond acceptors (Lipinski definition) is 2. The first kappa shape index (κ1) is 11.9. The predicted octanol–water partition coefficient (Wildman–Crippen LogP) is 2.59. The van der Waals surface area contributed by atoms with Gasteiger partial charge in [0.15, 0.2) is 0 Å². The highest BCUT2D eigenvalue weighted by Crippen LogP contribution is 2.21. The molecule has 0 radical (unpaired) electrons. The van der Waals surface area contributed by atoms with Crippen molar-refractivity contribution in [1.29, 1.82) is 0 Å². The lowest BCUT2D eigenvalue weighted by Gasteiger charge is -2.07. The van der Waals surface area contributed by atoms with Crippen molar-refractivity contribution in [3.8, 4) is 11.3 Å². The number of nitrogens with zero attached hydrogens (tertiary/aromatic N) is 2. The van der Waals surface area contributed by atoms with Crippen LogP contribution in [0.3, 0.4) is 0 Å². The number of hydrogen-bond donors (Lipinski definition) is 1. The van der Waals surface area contributed by atoms with Gasteiger partial charge in [0, 0.05) is 37.0 Å². The van der Waals surface area contributed by atoms with Gasteiger partial charge in [-0.05, 0) is 0 Å². The Hall–Kier alpha value is -1.61. The first-order chi connectivity index (χ1) is 8.16. The third kappa shape index (κ3) is 2.94. The average Bonchev–Trinajstić information content (AvgIpc) is 2.69. The molecule has 0 spiro atoms. The number of benzene rings is 1. The molecule has 0 saturated heterocycles. The monoisotopic (exact) mass is 229 g/mol. The van der Waals surface area contributed by atoms with E-state index in [1.807, 2.05) is 29.9 Å². The minimum atomic E-state index is 0.485. The SMILES string of the molecule is CC(C)NCc1cn(C)nc1-c1ccccc1. The Bertz CT molecular complexity index is 471. The van der Waals surface area contributed by atoms with Gasteiger partial charge in [-0.25, -0.2) is 0 Å². The van der Waals surface area contributed by atoms with Crippen molar-refractivity contribution in [2.45, 2.75) is 26.4 Å². The molecule has 0 aliphatic carbocycles. The summed E-state index contributed by atoms with van der Waals surface area (Å²) in [4.78, 5) is 0. The Balaban J connectivity index is 2.28. The van der Waals surface area contributed by atoms with Crippen molar-refractivity contribution in [3.63, 3.8) is 0 Å². The maximum atomic E-state index is 4.54. The van der Waals surface area contributed by atoms with Gasteiger partial charge in [0.2, 0.25) is 0 Å². The zero-order valence-electron chi connectivity index (χ0n) is 10.6. The van der Waals surface area contributed by atoms with Crippen LogP contribution in [0, 0.1) is 0 Å². The van der Waals surface area contributed by atoms with Gasteiger partial charge in [-0.1, -0.05) is 44.2 Å². The van der Waals surface area contributed by atoms with Crippen LogP contribution in [0.1, 0.15) is 19.4 Å². The molecule has 90 valence electrons. The van der Waals surface area contributed by atoms with Crippen molar-refractivity contribution in [1.82, 2.24) is 15.1 Å². The van der Waals surface area contributed by atoms with Gasteiger partial charge < -0.3 is 5.32 Å². The van der Waals surface area contributed by atoms with E-state index in [1.54, 1.807) is 0 Å². The van der Waals surface area contributed by atoms with E-state index in [1.165, 1.54) is 11.1 Å². The van der Waals surface area contributed by atoms with Gasteiger partial charge in [-0.15, -0.1) is 0 Å². The largest absolute Gasteiger partial charge is 0.310 e. The Morgan fingerprint density at radius 3 is 2.59 bits per heavy atom. The van der Waals surface area contributed by atoms with E-state index in [0.29, 0.717) is 6.04 Å². The summed E-state index contributed by atoms with van der Waals surface area (Å²) in [6, 6.07) is 10.8. The molecule has 0 fully saturated rings. The van der Waals surface area contributed by atoms with E-state index in [0.717, 1.165) is 12.2 Å². The lowest BCUT2D eigenvalue weighted by atomic mass is 10.1. The molecule has 3 heteroatoms. The summed E-state index contributed by atoms with van der Waals surface area (Å²) in [5, 5.41) is 7.97. The highest BCUT2D eigenvalue weighted by Gasteiger charge is 2.09. The van der Waals surface area contributed by atoms with E-state index >= 15 is 0 Å². The predicted molar refractivity (Wildman–Crippen MR) is 70.6 cm³/mol. The summed E-state index contributed by atoms with van der Waals surface area (Å²) in [5.74, 6) is 0. The standard InChI is InChI=1S/C14H19N3/c1-11(2)15-9-13-10-17(3)16-14(13)12-7-5-4-6-8-12/h4-8,10-11,15H,9H2,1-3H3. The molecule has 0 aliphatic rings. The van der Waals surface area contributed by atoms with E-state index in [9.17, 15) is 0 Å². The number of aryl methyl sites for hydroxylation is 1. The Kier molecular flexibility index (Phi) is 3.59. The van der Waals surface area contributed by atoms with Crippen LogP contribution in [0.15, 0.2) is 36.5 Å². The minimum absolute atomic E-state index is 0.485. The summed E-state index contributed by atoms with van der Waals surface area (Å²) < 4.78 is 1.87. The van der Waals surface area contributed by atoms with E-state index < -0.39 is 0 Å². The number of rotatable bonds is 4. The van der Waals surface area contributed by atoms with Crippen molar-refractivity contribution >= 4 is 0 Å². The number of nitrogens with one attached hydrogen (secondary N) is 1. The number of aromatic nitrogens is 2. The summed E-state index contributed by atoms with van der Waals surface area (Å²) in [7, 11) is 1.96. The molecule has 0 unspecified atom stereocenters. The van der Waals surface area contributed by atoms with Gasteiger partial charge in [0.1, 0.15) is 0 Å². The molecule has 3 nitrogen and oxygen atoms in total. The van der Waals surface area contributed by atoms with Gasteiger partial charge >= 0.3 is 0 Å². The quantitative estimate of drug-likeness (QED) is 0.873. The Morgan fingerprint density at radius 1 is 1.24 bits per heavy atom. The summed E-state index contributed by atoms with van der Waals surface area (Å²) in [6.07, 6.45) is 2.08. The molecule has 1 aromatic carbocycles. The van der Waals surface area contributed by atoms with Crippen LogP contribution in [-0.2, 0) is 13.6 Å². The Morgan fingerprint density at radius 2 is 1.94 bits per heavy atom. The Labute approximate surface area is 102 Å². The molecule has 1 heterocycles. The smallest absolute Gasteiger partial charge is 0.0967 e. The van der Waals surface area contributed by atoms with Crippen molar-refractivity contribution < 1.29 is 0 Å². The third-order valence-corrected chi connectivity index (χ3v) is 2.65. The van der Waals surface area contributed by atoms with Crippen LogP contribution in [0.2, 0.25) is 0 Å². The molecule has 0 bridgehead atoms. The third-order valence-electron chi connectivity index (χ3n) is 2.65. The zero-order chi connectivity index (χ0) is 12.3. The second-order valence-corrected chi connectivity index (χ2v) is 4.58. The molecule has 0 atom stereocenters. The fourth-order valence-electron chi connectivity index (χ4n) is 1.82. The lowest BCUT2D eigenvalue weighted by molar-refractivity contribution is 0.589. The lowest BCUT2D eigenvalue weighted by Crippen LogP contribution is -2.21. The molecule has 2 rings (SSSR count). The molecule has 0 amide bonds. The molecule has 1 N–H and O–H groups in total. The van der Waals surface area contributed by atoms with Gasteiger partial charge in [0.25, 0.3) is 0 Å². The second-order valence-electron chi connectivity index (χ2n) is 4.58. The second kappa shape index (κ2) is 5.15. The van der Waals surface area contributed by atoms with Crippen molar-refractivity contribution in [3.05, 3.63) is 42.1 Å². The van der Waals surface area contributed by atoms with Crippen LogP contribution in [0.4, 0.5) is 0 Å². The van der Waals surface area contributed by atoms with E-state index in [4.69, 9.17) is 0 Å². The maximum Gasteiger partial charge on any atom is 0.0967 e. The van der Waals surface area contributed by atoms with Crippen LogP contribution in [0.25, 0.3) is 11.3 Å². The fraction of sp³-hybridized carbons (Fsp3) is 0.357. The molecular formula is C14H19N3. The summed E-state index contributed by atoms with van der Waals surface area (Å²) in [5.41, 5.74) is 3.49. The molecule has 0 aliphatic heterocycles. The van der Waals surface area contributed by atoms with Crippen molar-refractivity contribution in [2.75, 3.05) is 0 Å². The molecule has 17 heavy (non-hydrogen) atoms. The van der Waals surface area contributed by atoms with E-state index in [-0.39, 0.29) is 0 Å². The normalized spacial score (nSPS) is 11.1. The van der Waals surface area contributed by atoms with Crippen LogP contribution in [0.5, 0.6) is 0 Å². The minimum Gasteiger partial charge on any atom is -0.310 e. The topological polar surface area (TPSA) is 29.9 Å². The average molecular weight is 229 g/mol. The highest BCUT2D eigenvalue weighted by molar-refractivity contribution is 5.62. The van der Waals surface area contributed by atoms with Gasteiger partial charge in [-0.3, -0.25) is 4.68 Å². The van der Waals surface area contributed by atoms with Crippen LogP contribution < -0.4 is 5.32 Å². The summed E-state index contributed by atoms with van der Waals surface area (Å²) >= 11 is 0. The molecule has 1 aromatic heterocycles. The van der Waals surface area contributed by atoms with Crippen molar-refractivity contribution in [2.24, 2.45) is 7.05 Å². The maximum absolute atomic E-state index is 4.54. The van der Waals surface area contributed by atoms with E-state index in [2.05, 4.69) is 42.6 Å². The first-order valence-corrected chi connectivity index (χ1v) is 5.98. The van der Waals surface area contributed by atoms with Crippen LogP contribution >= 0.6 is 0 Å².